The van der Waals surface area contributed by atoms with Gasteiger partial charge in [-0.3, -0.25) is 0 Å². The van der Waals surface area contributed by atoms with Gasteiger partial charge in [0.25, 0.3) is 0 Å². The minimum absolute atomic E-state index is 0.890. The van der Waals surface area contributed by atoms with Gasteiger partial charge < -0.3 is 14.2 Å². The zero-order valence-electron chi connectivity index (χ0n) is 35.6. The molecule has 11 aromatic carbocycles. The Morgan fingerprint density at radius 1 is 0.344 bits per heavy atom. The molecule has 0 bridgehead atoms. The Bertz CT molecular complexity index is 3840. The maximum absolute atomic E-state index is 6.68. The molecule has 0 saturated heterocycles. The summed E-state index contributed by atoms with van der Waals surface area (Å²) in [5, 5.41) is 15.3. The summed E-state index contributed by atoms with van der Waals surface area (Å²) in [5.41, 5.74) is 11.1. The van der Waals surface area contributed by atoms with E-state index >= 15 is 0 Å². The average Bonchev–Trinajstić information content (AvgIpc) is 3.74. The lowest BCUT2D eigenvalue weighted by Crippen LogP contribution is -2.56. The van der Waals surface area contributed by atoms with Crippen LogP contribution in [0, 0.1) is 0 Å². The van der Waals surface area contributed by atoms with E-state index in [9.17, 15) is 0 Å². The number of para-hydroxylation sites is 4. The van der Waals surface area contributed by atoms with Crippen molar-refractivity contribution in [2.45, 2.75) is 13.1 Å². The van der Waals surface area contributed by atoms with Gasteiger partial charge in [-0.2, -0.15) is 0 Å². The van der Waals surface area contributed by atoms with Crippen molar-refractivity contribution in [3.8, 4) is 11.1 Å². The van der Waals surface area contributed by atoms with Crippen LogP contribution in [0.3, 0.4) is 0 Å². The highest BCUT2D eigenvalue weighted by atomic mass is 28.3. The van der Waals surface area contributed by atoms with Gasteiger partial charge in [-0.1, -0.05) is 159 Å². The lowest BCUT2D eigenvalue weighted by atomic mass is 9.89. The van der Waals surface area contributed by atoms with Gasteiger partial charge in [0.1, 0.15) is 13.7 Å². The van der Waals surface area contributed by atoms with E-state index in [0.29, 0.717) is 0 Å². The van der Waals surface area contributed by atoms with Crippen LogP contribution in [0.25, 0.3) is 76.2 Å². The van der Waals surface area contributed by atoms with Gasteiger partial charge in [-0.15, -0.1) is 0 Å². The minimum atomic E-state index is -2.29. The molecule has 4 heteroatoms. The molecule has 1 aromatic heterocycles. The molecule has 0 spiro atoms. The zero-order chi connectivity index (χ0) is 42.5. The van der Waals surface area contributed by atoms with Crippen molar-refractivity contribution in [2.75, 3.05) is 9.80 Å². The standard InChI is InChI=1S/C60H42N2OSi/c1-64(2)57-30-16-26-49-52-38-55(62(42-21-7-4-8-22-42)43-32-31-39-17-9-10-18-40(39)35-43)46-24-12-11-23-45(46)51(52)37-53(59(49)57)48-34-33-44(36-58(48)64)61(41-19-5-3-6-20-41)54-28-15-27-50-47-25-13-14-29-56(47)63-60(50)54/h3-38H,1-2H3. The van der Waals surface area contributed by atoms with Crippen LogP contribution in [0.2, 0.25) is 13.1 Å². The molecule has 64 heavy (non-hydrogen) atoms. The van der Waals surface area contributed by atoms with Crippen LogP contribution in [0.4, 0.5) is 34.1 Å². The molecule has 0 aliphatic carbocycles. The number of hydrogen-bond donors (Lipinski definition) is 0. The van der Waals surface area contributed by atoms with E-state index in [1.54, 1.807) is 0 Å². The highest BCUT2D eigenvalue weighted by molar-refractivity contribution is 7.03. The van der Waals surface area contributed by atoms with Crippen molar-refractivity contribution in [3.05, 3.63) is 218 Å². The molecule has 12 aromatic rings. The van der Waals surface area contributed by atoms with Gasteiger partial charge in [0.15, 0.2) is 5.58 Å². The second-order valence-electron chi connectivity index (χ2n) is 17.7. The molecule has 0 saturated carbocycles. The van der Waals surface area contributed by atoms with Gasteiger partial charge in [0.05, 0.1) is 11.4 Å². The van der Waals surface area contributed by atoms with Crippen molar-refractivity contribution in [2.24, 2.45) is 0 Å². The molecule has 0 atom stereocenters. The molecule has 0 unspecified atom stereocenters. The molecular formula is C60H42N2OSi. The third-order valence-electron chi connectivity index (χ3n) is 13.8. The Hall–Kier alpha value is -7.92. The van der Waals surface area contributed by atoms with E-state index in [0.717, 1.165) is 50.4 Å². The molecule has 1 aliphatic rings. The van der Waals surface area contributed by atoms with E-state index < -0.39 is 8.07 Å². The molecule has 0 fully saturated rings. The van der Waals surface area contributed by atoms with Crippen molar-refractivity contribution < 1.29 is 4.42 Å². The second-order valence-corrected chi connectivity index (χ2v) is 22.0. The van der Waals surface area contributed by atoms with Crippen LogP contribution in [0.15, 0.2) is 223 Å². The summed E-state index contributed by atoms with van der Waals surface area (Å²) >= 11 is 0. The predicted molar refractivity (Wildman–Crippen MR) is 275 cm³/mol. The van der Waals surface area contributed by atoms with Crippen LogP contribution >= 0.6 is 0 Å². The number of nitrogens with zero attached hydrogens (tertiary/aromatic N) is 2. The summed E-state index contributed by atoms with van der Waals surface area (Å²) in [6.45, 7) is 5.07. The van der Waals surface area contributed by atoms with Gasteiger partial charge in [-0.25, -0.2) is 0 Å². The Labute approximate surface area is 372 Å². The molecule has 0 N–H and O–H groups in total. The lowest BCUT2D eigenvalue weighted by molar-refractivity contribution is 0.669. The summed E-state index contributed by atoms with van der Waals surface area (Å²) in [5.74, 6) is 0. The highest BCUT2D eigenvalue weighted by Crippen LogP contribution is 2.48. The Kier molecular flexibility index (Phi) is 8.06. The number of anilines is 6. The summed E-state index contributed by atoms with van der Waals surface area (Å²) < 4.78 is 6.68. The summed E-state index contributed by atoms with van der Waals surface area (Å²) in [6.07, 6.45) is 0. The van der Waals surface area contributed by atoms with Crippen LogP contribution in [0.5, 0.6) is 0 Å². The summed E-state index contributed by atoms with van der Waals surface area (Å²) in [6, 6.07) is 80.2. The largest absolute Gasteiger partial charge is 0.454 e. The first kappa shape index (κ1) is 36.7. The monoisotopic (exact) mass is 834 g/mol. The number of benzene rings is 11. The van der Waals surface area contributed by atoms with Crippen LogP contribution in [0.1, 0.15) is 0 Å². The van der Waals surface area contributed by atoms with E-state index in [4.69, 9.17) is 4.42 Å². The fraction of sp³-hybridized carbons (Fsp3) is 0.0333. The third-order valence-corrected chi connectivity index (χ3v) is 17.3. The molecule has 0 amide bonds. The number of fused-ring (bicyclic) bond motifs is 10. The SMILES string of the molecule is C[Si]1(C)c2cc(N(c3ccccc3)c3cccc4c3oc3ccccc34)ccc2-c2cc3c4ccccc4c(N(c4ccccc4)c4ccc5ccccc5c4)cc3c3cccc1c23. The summed E-state index contributed by atoms with van der Waals surface area (Å²) in [7, 11) is -2.29. The normalized spacial score (nSPS) is 13.0. The molecule has 1 aliphatic heterocycles. The number of rotatable bonds is 6. The van der Waals surface area contributed by atoms with Gasteiger partial charge in [0, 0.05) is 38.9 Å². The lowest BCUT2D eigenvalue weighted by Gasteiger charge is -2.36. The van der Waals surface area contributed by atoms with Gasteiger partial charge in [0.2, 0.25) is 0 Å². The van der Waals surface area contributed by atoms with E-state index in [1.165, 1.54) is 70.3 Å². The molecule has 302 valence electrons. The maximum atomic E-state index is 6.68. The maximum Gasteiger partial charge on any atom is 0.159 e. The first-order valence-electron chi connectivity index (χ1n) is 22.2. The fourth-order valence-electron chi connectivity index (χ4n) is 10.8. The van der Waals surface area contributed by atoms with Crippen LogP contribution in [-0.2, 0) is 0 Å². The van der Waals surface area contributed by atoms with Crippen molar-refractivity contribution in [1.82, 2.24) is 0 Å². The third kappa shape index (κ3) is 5.46. The second kappa shape index (κ2) is 14.0. The quantitative estimate of drug-likeness (QED) is 0.123. The van der Waals surface area contributed by atoms with Crippen LogP contribution in [-0.4, -0.2) is 8.07 Å². The fourth-order valence-corrected chi connectivity index (χ4v) is 13.9. The van der Waals surface area contributed by atoms with Crippen molar-refractivity contribution >= 4 is 118 Å². The molecule has 3 nitrogen and oxygen atoms in total. The highest BCUT2D eigenvalue weighted by Gasteiger charge is 2.37. The Morgan fingerprint density at radius 2 is 0.938 bits per heavy atom. The first-order chi connectivity index (χ1) is 31.5. The Balaban J connectivity index is 1.05. The van der Waals surface area contributed by atoms with E-state index in [2.05, 4.69) is 235 Å². The Morgan fingerprint density at radius 3 is 1.73 bits per heavy atom. The van der Waals surface area contributed by atoms with Crippen molar-refractivity contribution in [3.63, 3.8) is 0 Å². The zero-order valence-corrected chi connectivity index (χ0v) is 36.6. The van der Waals surface area contributed by atoms with E-state index in [1.807, 2.05) is 6.07 Å². The molecule has 13 rings (SSSR count). The molecule has 2 heterocycles. The van der Waals surface area contributed by atoms with Gasteiger partial charge >= 0.3 is 0 Å². The molecule has 0 radical (unpaired) electrons. The number of hydrogen-bond acceptors (Lipinski definition) is 3. The smallest absolute Gasteiger partial charge is 0.159 e. The predicted octanol–water partition coefficient (Wildman–Crippen LogP) is 15.9. The summed E-state index contributed by atoms with van der Waals surface area (Å²) in [4.78, 5) is 4.83. The van der Waals surface area contributed by atoms with E-state index in [-0.39, 0.29) is 0 Å². The first-order valence-corrected chi connectivity index (χ1v) is 25.2. The topological polar surface area (TPSA) is 19.6 Å². The van der Waals surface area contributed by atoms with Gasteiger partial charge in [-0.05, 0) is 132 Å². The van der Waals surface area contributed by atoms with Crippen LogP contribution < -0.4 is 20.2 Å². The molecular weight excluding hydrogens is 793 g/mol. The average molecular weight is 835 g/mol. The van der Waals surface area contributed by atoms with Crippen molar-refractivity contribution in [1.29, 1.82) is 0 Å². The number of furan rings is 1. The minimum Gasteiger partial charge on any atom is -0.454 e.